The molecule has 0 heterocycles. The number of amides is 1. The van der Waals surface area contributed by atoms with E-state index >= 15 is 0 Å². The highest BCUT2D eigenvalue weighted by molar-refractivity contribution is 5.78. The normalized spacial score (nSPS) is 12.9. The number of esters is 3. The van der Waals surface area contributed by atoms with Crippen LogP contribution in [0.2, 0.25) is 0 Å². The van der Waals surface area contributed by atoms with Gasteiger partial charge in [-0.1, -0.05) is 145 Å². The second-order valence-corrected chi connectivity index (χ2v) is 23.5. The SMILES string of the molecule is CCCCNC(=O)COc1c2cc(C(C)(C)C)cc1Cc1cc(C(C)(C)C)cc(c1OCC(=O)OCC)Cc1cc(C(C)(C)C)cc(c1OCC(=O)OCC)Cc1cc(C(C)(C)C)cc(c1OCC(=O)OCC)C2. The Morgan fingerprint density at radius 1 is 0.392 bits per heavy atom. The van der Waals surface area contributed by atoms with Gasteiger partial charge in [0.2, 0.25) is 0 Å². The Bertz CT molecular complexity index is 2500. The van der Waals surface area contributed by atoms with Crippen molar-refractivity contribution in [1.29, 1.82) is 0 Å². The number of fused-ring (bicyclic) bond motifs is 8. The predicted octanol–water partition coefficient (Wildman–Crippen LogP) is 11.7. The van der Waals surface area contributed by atoms with Gasteiger partial charge in [0.1, 0.15) is 23.0 Å². The van der Waals surface area contributed by atoms with E-state index in [0.717, 1.165) is 79.6 Å². The predicted molar refractivity (Wildman–Crippen MR) is 292 cm³/mol. The third-order valence-electron chi connectivity index (χ3n) is 13.1. The van der Waals surface area contributed by atoms with E-state index < -0.39 is 17.9 Å². The van der Waals surface area contributed by atoms with Gasteiger partial charge in [0.25, 0.3) is 5.91 Å². The summed E-state index contributed by atoms with van der Waals surface area (Å²) in [5, 5.41) is 3.03. The summed E-state index contributed by atoms with van der Waals surface area (Å²) in [5.74, 6) is 0.316. The van der Waals surface area contributed by atoms with Crippen LogP contribution < -0.4 is 24.3 Å². The zero-order valence-electron chi connectivity index (χ0n) is 47.5. The molecular weight excluding hydrogens is 935 g/mol. The maximum atomic E-state index is 13.6. The number of benzene rings is 4. The average Bonchev–Trinajstić information content (AvgIpc) is 3.29. The highest BCUT2D eigenvalue weighted by Crippen LogP contribution is 2.44. The molecule has 4 aromatic carbocycles. The van der Waals surface area contributed by atoms with Gasteiger partial charge >= 0.3 is 17.9 Å². The minimum absolute atomic E-state index is 0.191. The molecule has 1 N–H and O–H groups in total. The summed E-state index contributed by atoms with van der Waals surface area (Å²) in [5.41, 5.74) is 9.18. The first-order chi connectivity index (χ1) is 34.7. The van der Waals surface area contributed by atoms with Crippen LogP contribution in [0.25, 0.3) is 0 Å². The molecule has 12 heteroatoms. The minimum atomic E-state index is -0.510. The van der Waals surface area contributed by atoms with Crippen LogP contribution in [0.1, 0.15) is 190 Å². The van der Waals surface area contributed by atoms with E-state index in [4.69, 9.17) is 33.2 Å². The maximum Gasteiger partial charge on any atom is 0.344 e. The van der Waals surface area contributed by atoms with E-state index in [0.29, 0.717) is 29.5 Å². The quantitative estimate of drug-likeness (QED) is 0.0508. The highest BCUT2D eigenvalue weighted by Gasteiger charge is 2.30. The molecule has 1 aliphatic rings. The fraction of sp³-hybridized carbons (Fsp3) is 0.548. The Balaban J connectivity index is 2.02. The molecule has 1 aliphatic carbocycles. The van der Waals surface area contributed by atoms with Crippen molar-refractivity contribution in [3.05, 3.63) is 115 Å². The first kappa shape index (κ1) is 58.8. The lowest BCUT2D eigenvalue weighted by Crippen LogP contribution is -2.30. The van der Waals surface area contributed by atoms with Crippen molar-refractivity contribution >= 4 is 23.8 Å². The molecule has 0 saturated carbocycles. The van der Waals surface area contributed by atoms with Crippen LogP contribution in [-0.4, -0.2) is 76.6 Å². The van der Waals surface area contributed by atoms with Gasteiger partial charge in [0.05, 0.1) is 19.8 Å². The van der Waals surface area contributed by atoms with E-state index in [1.54, 1.807) is 20.8 Å². The number of nitrogens with one attached hydrogen (secondary N) is 1. The first-order valence-electron chi connectivity index (χ1n) is 26.6. The third kappa shape index (κ3) is 16.0. The Labute approximate surface area is 441 Å². The molecule has 0 unspecified atom stereocenters. The molecule has 0 fully saturated rings. The summed E-state index contributed by atoms with van der Waals surface area (Å²) < 4.78 is 43.2. The number of hydrogen-bond donors (Lipinski definition) is 1. The Kier molecular flexibility index (Phi) is 19.9. The minimum Gasteiger partial charge on any atom is -0.483 e. The van der Waals surface area contributed by atoms with Crippen molar-refractivity contribution in [2.75, 3.05) is 52.8 Å². The van der Waals surface area contributed by atoms with Gasteiger partial charge in [-0.05, 0) is 116 Å². The van der Waals surface area contributed by atoms with Crippen molar-refractivity contribution in [3.63, 3.8) is 0 Å². The van der Waals surface area contributed by atoms with Gasteiger partial charge in [-0.3, -0.25) is 4.79 Å². The average molecular weight is 1020 g/mol. The topological polar surface area (TPSA) is 145 Å². The molecule has 1 amide bonds. The Morgan fingerprint density at radius 3 is 0.824 bits per heavy atom. The molecule has 74 heavy (non-hydrogen) atoms. The van der Waals surface area contributed by atoms with Crippen LogP contribution in [0.3, 0.4) is 0 Å². The molecule has 0 radical (unpaired) electrons. The van der Waals surface area contributed by atoms with Gasteiger partial charge in [0.15, 0.2) is 26.4 Å². The molecule has 0 aromatic heterocycles. The number of unbranched alkanes of at least 4 members (excludes halogenated alkanes) is 1. The van der Waals surface area contributed by atoms with Crippen LogP contribution >= 0.6 is 0 Å². The van der Waals surface area contributed by atoms with Gasteiger partial charge in [-0.2, -0.15) is 0 Å². The summed E-state index contributed by atoms with van der Waals surface area (Å²) in [7, 11) is 0. The van der Waals surface area contributed by atoms with Gasteiger partial charge < -0.3 is 38.5 Å². The fourth-order valence-electron chi connectivity index (χ4n) is 8.96. The van der Waals surface area contributed by atoms with Crippen molar-refractivity contribution in [2.45, 2.75) is 171 Å². The molecule has 8 bridgehead atoms. The standard InChI is InChI=1S/C62H85NO11/c1-17-21-22-63-51(64)35-71-55-39-23-41-29-48(60(8,9)10)31-43(56(41)72-36-52(65)68-18-2)25-45-33-50(62(14,15)16)34-46(58(45)74-38-54(67)70-20-4)26-44-32-49(61(11,12)13)30-42(57(44)73-37-53(66)69-19-3)24-40(55)28-47(27-39)59(5,6)7/h27-34H,17-26,35-38H2,1-16H3,(H,63,64). The van der Waals surface area contributed by atoms with Crippen molar-refractivity contribution in [3.8, 4) is 23.0 Å². The summed E-state index contributed by atoms with van der Waals surface area (Å²) >= 11 is 0. The summed E-state index contributed by atoms with van der Waals surface area (Å²) in [6.07, 6.45) is 2.90. The summed E-state index contributed by atoms with van der Waals surface area (Å²) in [6, 6.07) is 17.2. The van der Waals surface area contributed by atoms with Gasteiger partial charge in [-0.25, -0.2) is 14.4 Å². The maximum absolute atomic E-state index is 13.6. The zero-order valence-corrected chi connectivity index (χ0v) is 47.5. The van der Waals surface area contributed by atoms with Crippen molar-refractivity contribution < 1.29 is 52.3 Å². The molecule has 0 spiro atoms. The van der Waals surface area contributed by atoms with Crippen molar-refractivity contribution in [1.82, 2.24) is 5.32 Å². The van der Waals surface area contributed by atoms with Crippen LogP contribution in [-0.2, 0) is 80.7 Å². The third-order valence-corrected chi connectivity index (χ3v) is 13.1. The van der Waals surface area contributed by atoms with E-state index in [1.807, 2.05) is 0 Å². The summed E-state index contributed by atoms with van der Waals surface area (Å²) in [4.78, 5) is 53.3. The smallest absolute Gasteiger partial charge is 0.344 e. The Morgan fingerprint density at radius 2 is 0.622 bits per heavy atom. The van der Waals surface area contributed by atoms with Crippen molar-refractivity contribution in [2.24, 2.45) is 0 Å². The number of rotatable bonds is 18. The molecule has 0 aliphatic heterocycles. The number of carbonyl (C=O) groups excluding carboxylic acids is 4. The molecule has 404 valence electrons. The first-order valence-corrected chi connectivity index (χ1v) is 26.6. The van der Waals surface area contributed by atoms with Crippen LogP contribution in [0.5, 0.6) is 23.0 Å². The van der Waals surface area contributed by atoms with E-state index in [1.165, 1.54) is 0 Å². The van der Waals surface area contributed by atoms with Crippen LogP contribution in [0.15, 0.2) is 48.5 Å². The molecular formula is C62H85NO11. The number of hydrogen-bond acceptors (Lipinski definition) is 11. The molecule has 4 aromatic rings. The fourth-order valence-corrected chi connectivity index (χ4v) is 8.96. The second kappa shape index (κ2) is 25.0. The largest absolute Gasteiger partial charge is 0.483 e. The zero-order chi connectivity index (χ0) is 54.8. The van der Waals surface area contributed by atoms with Gasteiger partial charge in [-0.15, -0.1) is 0 Å². The van der Waals surface area contributed by atoms with E-state index in [-0.39, 0.29) is 99.5 Å². The van der Waals surface area contributed by atoms with E-state index in [2.05, 4.69) is 144 Å². The number of ether oxygens (including phenoxy) is 7. The summed E-state index contributed by atoms with van der Waals surface area (Å²) in [6.45, 7) is 33.2. The van der Waals surface area contributed by atoms with Crippen LogP contribution in [0, 0.1) is 0 Å². The Hall–Kier alpha value is -6.04. The molecule has 0 saturated heterocycles. The van der Waals surface area contributed by atoms with E-state index in [9.17, 15) is 19.2 Å². The molecule has 0 atom stereocenters. The molecule has 12 nitrogen and oxygen atoms in total. The van der Waals surface area contributed by atoms with Gasteiger partial charge in [0, 0.05) is 32.2 Å². The second-order valence-electron chi connectivity index (χ2n) is 23.5. The molecule has 5 rings (SSSR count). The lowest BCUT2D eigenvalue weighted by molar-refractivity contribution is -0.146. The van der Waals surface area contributed by atoms with Crippen LogP contribution in [0.4, 0.5) is 0 Å². The monoisotopic (exact) mass is 1020 g/mol. The lowest BCUT2D eigenvalue weighted by atomic mass is 9.79. The number of carbonyl (C=O) groups is 4. The lowest BCUT2D eigenvalue weighted by Gasteiger charge is -2.29. The highest BCUT2D eigenvalue weighted by atomic mass is 16.6.